The fraction of sp³-hybridized carbons (Fsp3) is 0.261. The van der Waals surface area contributed by atoms with Crippen LogP contribution in [0.15, 0.2) is 66.7 Å². The van der Waals surface area contributed by atoms with Crippen LogP contribution < -0.4 is 4.58 Å². The molecule has 1 atom stereocenters. The van der Waals surface area contributed by atoms with E-state index in [0.717, 1.165) is 11.4 Å². The normalized spacial score (nSPS) is 19.2. The Balaban J connectivity index is 1.92. The highest BCUT2D eigenvalue weighted by atomic mass is 32.2. The van der Waals surface area contributed by atoms with E-state index in [4.69, 9.17) is 0 Å². The summed E-state index contributed by atoms with van der Waals surface area (Å²) < 4.78 is 34.0. The average molecular weight is 395 g/mol. The van der Waals surface area contributed by atoms with Crippen molar-refractivity contribution in [2.24, 2.45) is 0 Å². The Morgan fingerprint density at radius 3 is 2.36 bits per heavy atom. The van der Waals surface area contributed by atoms with Gasteiger partial charge in [-0.3, -0.25) is 4.55 Å². The van der Waals surface area contributed by atoms with Crippen LogP contribution in [0.4, 0.5) is 11.4 Å². The van der Waals surface area contributed by atoms with Crippen LogP contribution in [0.1, 0.15) is 32.3 Å². The molecule has 0 fully saturated rings. The lowest BCUT2D eigenvalue weighted by atomic mass is 9.74. The molecule has 1 unspecified atom stereocenters. The topological polar surface area (TPSA) is 57.4 Å². The van der Waals surface area contributed by atoms with Crippen LogP contribution >= 0.6 is 0 Å². The molecule has 0 amide bonds. The van der Waals surface area contributed by atoms with Crippen molar-refractivity contribution in [1.82, 2.24) is 4.58 Å². The van der Waals surface area contributed by atoms with Gasteiger partial charge in [-0.25, -0.2) is 0 Å². The molecule has 1 N–H and O–H groups in total. The van der Waals surface area contributed by atoms with Crippen LogP contribution in [0.5, 0.6) is 0 Å². The maximum atomic E-state index is 11.3. The van der Waals surface area contributed by atoms with E-state index in [-0.39, 0.29) is 11.2 Å². The minimum absolute atomic E-state index is 0.221. The zero-order valence-electron chi connectivity index (χ0n) is 16.1. The molecule has 5 heteroatoms. The predicted molar refractivity (Wildman–Crippen MR) is 116 cm³/mol. The van der Waals surface area contributed by atoms with E-state index >= 15 is 0 Å². The first-order valence-corrected chi connectivity index (χ1v) is 11.1. The van der Waals surface area contributed by atoms with Gasteiger partial charge in [0.1, 0.15) is 0 Å². The van der Waals surface area contributed by atoms with E-state index < -0.39 is 10.1 Å². The molecular weight excluding hydrogens is 370 g/mol. The van der Waals surface area contributed by atoms with Crippen LogP contribution in [0.2, 0.25) is 0 Å². The molecule has 28 heavy (non-hydrogen) atoms. The molecule has 0 radical (unpaired) electrons. The van der Waals surface area contributed by atoms with Crippen molar-refractivity contribution in [1.29, 1.82) is 0 Å². The zero-order valence-corrected chi connectivity index (χ0v) is 16.9. The van der Waals surface area contributed by atoms with Crippen LogP contribution in [0.25, 0.3) is 10.8 Å². The summed E-state index contributed by atoms with van der Waals surface area (Å²) in [6.07, 6.45) is 1.04. The summed E-state index contributed by atoms with van der Waals surface area (Å²) in [6, 6.07) is 22.8. The highest BCUT2D eigenvalue weighted by Gasteiger charge is 2.48. The van der Waals surface area contributed by atoms with Crippen molar-refractivity contribution < 1.29 is 13.0 Å². The van der Waals surface area contributed by atoms with E-state index in [2.05, 4.69) is 54.8 Å². The molecule has 1 heterocycles. The maximum Gasteiger partial charge on any atom is 0.264 e. The van der Waals surface area contributed by atoms with Crippen LogP contribution in [-0.2, 0) is 15.5 Å². The third-order valence-corrected chi connectivity index (χ3v) is 6.73. The van der Waals surface area contributed by atoms with Gasteiger partial charge in [0, 0.05) is 30.7 Å². The lowest BCUT2D eigenvalue weighted by Crippen LogP contribution is -2.31. The number of rotatable bonds is 5. The molecule has 1 aliphatic rings. The number of hydrogen-bond acceptors (Lipinski definition) is 2. The zero-order chi connectivity index (χ0) is 19.9. The Hall–Kier alpha value is -2.50. The average Bonchev–Trinajstić information content (AvgIpc) is 2.89. The molecule has 4 nitrogen and oxygen atoms in total. The monoisotopic (exact) mass is 394 g/mol. The summed E-state index contributed by atoms with van der Waals surface area (Å²) in [7, 11) is -3.97. The van der Waals surface area contributed by atoms with Crippen LogP contribution in [0.3, 0.4) is 0 Å². The summed E-state index contributed by atoms with van der Waals surface area (Å²) in [5, 5.41) is 2.36. The first kappa shape index (κ1) is 18.8. The molecule has 0 saturated carbocycles. The summed E-state index contributed by atoms with van der Waals surface area (Å²) in [6.45, 7) is 4.30. The number of para-hydroxylation sites is 1. The Kier molecular flexibility index (Phi) is 4.60. The third kappa shape index (κ3) is 3.15. The molecule has 4 rings (SSSR count). The van der Waals surface area contributed by atoms with Crippen molar-refractivity contribution in [2.75, 3.05) is 5.75 Å². The Bertz CT molecular complexity index is 1180. The van der Waals surface area contributed by atoms with Crippen molar-refractivity contribution in [2.45, 2.75) is 32.1 Å². The quantitative estimate of drug-likeness (QED) is 0.485. The molecule has 0 aromatic heterocycles. The number of hydrogen-bond donors (Lipinski definition) is 1. The van der Waals surface area contributed by atoms with Gasteiger partial charge in [0.15, 0.2) is 5.71 Å². The fourth-order valence-electron chi connectivity index (χ4n) is 4.46. The van der Waals surface area contributed by atoms with Gasteiger partial charge in [-0.2, -0.15) is 13.0 Å². The molecule has 3 aromatic rings. The Morgan fingerprint density at radius 2 is 1.64 bits per heavy atom. The van der Waals surface area contributed by atoms with Crippen molar-refractivity contribution in [3.8, 4) is 0 Å². The van der Waals surface area contributed by atoms with Gasteiger partial charge in [0.2, 0.25) is 11.4 Å². The summed E-state index contributed by atoms with van der Waals surface area (Å²) >= 11 is 0. The second kappa shape index (κ2) is 6.83. The van der Waals surface area contributed by atoms with Crippen molar-refractivity contribution in [3.63, 3.8) is 0 Å². The summed E-state index contributed by atoms with van der Waals surface area (Å²) in [4.78, 5) is 0. The Labute approximate surface area is 165 Å². The second-order valence-electron chi connectivity index (χ2n) is 7.66. The standard InChI is InChI=1S/C23H23NO3S/c1-17-23(2,15-8-16-28(25,26)27)22-20-12-7-6-9-18(20)13-14-21(22)24(17)19-10-4-3-5-11-19/h3-7,9-14H,8,15-16H2,1-2H3/p+1. The van der Waals surface area contributed by atoms with Crippen LogP contribution in [-0.4, -0.2) is 24.4 Å². The van der Waals surface area contributed by atoms with Gasteiger partial charge in [-0.05, 0) is 36.6 Å². The minimum atomic E-state index is -3.97. The summed E-state index contributed by atoms with van der Waals surface area (Å²) in [5.74, 6) is -0.221. The van der Waals surface area contributed by atoms with E-state index in [1.807, 2.05) is 30.3 Å². The minimum Gasteiger partial charge on any atom is -0.286 e. The van der Waals surface area contributed by atoms with E-state index in [9.17, 15) is 13.0 Å². The van der Waals surface area contributed by atoms with Crippen LogP contribution in [0, 0.1) is 0 Å². The molecule has 0 aliphatic carbocycles. The maximum absolute atomic E-state index is 11.3. The predicted octanol–water partition coefficient (Wildman–Crippen LogP) is 5.07. The molecule has 3 aromatic carbocycles. The molecule has 0 saturated heterocycles. The SMILES string of the molecule is CC1=[N+](c2ccccc2)c2ccc3ccccc3c2C1(C)CCCS(=O)(=O)O. The first-order valence-electron chi connectivity index (χ1n) is 9.48. The van der Waals surface area contributed by atoms with Gasteiger partial charge in [0.05, 0.1) is 11.2 Å². The molecule has 0 bridgehead atoms. The van der Waals surface area contributed by atoms with Gasteiger partial charge < -0.3 is 0 Å². The van der Waals surface area contributed by atoms with Crippen molar-refractivity contribution >= 4 is 38.0 Å². The van der Waals surface area contributed by atoms with Gasteiger partial charge in [-0.1, -0.05) is 42.5 Å². The first-order chi connectivity index (χ1) is 13.3. The van der Waals surface area contributed by atoms with Crippen molar-refractivity contribution in [3.05, 3.63) is 72.3 Å². The van der Waals surface area contributed by atoms with E-state index in [0.29, 0.717) is 12.8 Å². The van der Waals surface area contributed by atoms with Gasteiger partial charge in [-0.15, -0.1) is 0 Å². The molecule has 1 aliphatic heterocycles. The lowest BCUT2D eigenvalue weighted by molar-refractivity contribution is 0.475. The third-order valence-electron chi connectivity index (χ3n) is 5.93. The smallest absolute Gasteiger partial charge is 0.264 e. The fourth-order valence-corrected chi connectivity index (χ4v) is 4.97. The van der Waals surface area contributed by atoms with Gasteiger partial charge in [0.25, 0.3) is 10.1 Å². The van der Waals surface area contributed by atoms with E-state index in [1.165, 1.54) is 22.0 Å². The number of fused-ring (bicyclic) bond motifs is 3. The highest BCUT2D eigenvalue weighted by Crippen LogP contribution is 2.47. The highest BCUT2D eigenvalue weighted by molar-refractivity contribution is 7.85. The largest absolute Gasteiger partial charge is 0.286 e. The Morgan fingerprint density at radius 1 is 0.964 bits per heavy atom. The summed E-state index contributed by atoms with van der Waals surface area (Å²) in [5.41, 5.74) is 4.30. The lowest BCUT2D eigenvalue weighted by Gasteiger charge is -2.23. The molecule has 144 valence electrons. The second-order valence-corrected chi connectivity index (χ2v) is 9.23. The van der Waals surface area contributed by atoms with Gasteiger partial charge >= 0.3 is 0 Å². The van der Waals surface area contributed by atoms with E-state index in [1.54, 1.807) is 0 Å². The molecule has 0 spiro atoms. The molecular formula is C23H24NO3S+. The number of nitrogens with zero attached hydrogens (tertiary/aromatic N) is 1. The number of benzene rings is 3.